The van der Waals surface area contributed by atoms with E-state index in [1.54, 1.807) is 18.2 Å². The monoisotopic (exact) mass is 372 g/mol. The van der Waals surface area contributed by atoms with Crippen LogP contribution in [0, 0.1) is 6.92 Å². The van der Waals surface area contributed by atoms with Gasteiger partial charge in [0.15, 0.2) is 0 Å². The number of hydrogen-bond acceptors (Lipinski definition) is 1. The Morgan fingerprint density at radius 3 is 2.55 bits per heavy atom. The summed E-state index contributed by atoms with van der Waals surface area (Å²) in [7, 11) is 0. The van der Waals surface area contributed by atoms with E-state index in [1.807, 2.05) is 25.1 Å². The lowest BCUT2D eigenvalue weighted by Gasteiger charge is -2.11. The van der Waals surface area contributed by atoms with Gasteiger partial charge in [-0.3, -0.25) is 0 Å². The molecule has 104 valence electrons. The van der Waals surface area contributed by atoms with Gasteiger partial charge in [0.2, 0.25) is 0 Å². The molecule has 0 saturated carbocycles. The molecule has 2 N–H and O–H groups in total. The fraction of sp³-hybridized carbons (Fsp3) is 0.0714. The zero-order valence-electron chi connectivity index (χ0n) is 10.5. The highest BCUT2D eigenvalue weighted by molar-refractivity contribution is 9.10. The van der Waals surface area contributed by atoms with E-state index >= 15 is 0 Å². The Balaban J connectivity index is 2.09. The highest BCUT2D eigenvalue weighted by atomic mass is 79.9. The summed E-state index contributed by atoms with van der Waals surface area (Å²) in [5.41, 5.74) is 2.26. The predicted octanol–water partition coefficient (Wildman–Crippen LogP) is 5.71. The van der Waals surface area contributed by atoms with Crippen molar-refractivity contribution < 1.29 is 4.79 Å². The number of carbonyl (C=O) groups is 1. The first-order valence-corrected chi connectivity index (χ1v) is 7.30. The van der Waals surface area contributed by atoms with Crippen molar-refractivity contribution in [3.05, 3.63) is 56.5 Å². The summed E-state index contributed by atoms with van der Waals surface area (Å²) in [5, 5.41) is 6.31. The lowest BCUT2D eigenvalue weighted by atomic mass is 10.2. The van der Waals surface area contributed by atoms with Gasteiger partial charge in [-0.05, 0) is 42.8 Å². The topological polar surface area (TPSA) is 41.1 Å². The van der Waals surface area contributed by atoms with E-state index in [0.717, 1.165) is 15.7 Å². The molecule has 2 amide bonds. The molecule has 0 aliphatic carbocycles. The smallest absolute Gasteiger partial charge is 0.308 e. The summed E-state index contributed by atoms with van der Waals surface area (Å²) in [6, 6.07) is 10.2. The van der Waals surface area contributed by atoms with Gasteiger partial charge in [0.25, 0.3) is 0 Å². The third-order valence-corrected chi connectivity index (χ3v) is 4.29. The molecular weight excluding hydrogens is 363 g/mol. The largest absolute Gasteiger partial charge is 0.323 e. The fourth-order valence-electron chi connectivity index (χ4n) is 1.60. The van der Waals surface area contributed by atoms with Crippen molar-refractivity contribution in [3.8, 4) is 0 Å². The Labute approximate surface area is 135 Å². The molecule has 2 rings (SSSR count). The van der Waals surface area contributed by atoms with E-state index in [4.69, 9.17) is 23.2 Å². The van der Waals surface area contributed by atoms with E-state index in [-0.39, 0.29) is 6.03 Å². The molecule has 0 aliphatic rings. The lowest BCUT2D eigenvalue weighted by molar-refractivity contribution is 0.262. The van der Waals surface area contributed by atoms with Crippen LogP contribution in [-0.4, -0.2) is 6.03 Å². The average molecular weight is 374 g/mol. The molecule has 2 aromatic rings. The van der Waals surface area contributed by atoms with Crippen molar-refractivity contribution in [3.63, 3.8) is 0 Å². The first kappa shape index (κ1) is 15.2. The molecule has 0 unspecified atom stereocenters. The van der Waals surface area contributed by atoms with Crippen molar-refractivity contribution in [1.82, 2.24) is 0 Å². The van der Waals surface area contributed by atoms with Crippen LogP contribution in [0.3, 0.4) is 0 Å². The van der Waals surface area contributed by atoms with Gasteiger partial charge >= 0.3 is 6.03 Å². The molecular formula is C14H11BrCl2N2O. The average Bonchev–Trinajstić information content (AvgIpc) is 2.39. The molecule has 6 heteroatoms. The zero-order valence-corrected chi connectivity index (χ0v) is 13.6. The first-order valence-electron chi connectivity index (χ1n) is 5.75. The van der Waals surface area contributed by atoms with Gasteiger partial charge < -0.3 is 10.6 Å². The van der Waals surface area contributed by atoms with Gasteiger partial charge in [-0.15, -0.1) is 0 Å². The number of nitrogens with one attached hydrogen (secondary N) is 2. The van der Waals surface area contributed by atoms with E-state index in [9.17, 15) is 4.79 Å². The quantitative estimate of drug-likeness (QED) is 0.695. The van der Waals surface area contributed by atoms with Gasteiger partial charge in [-0.2, -0.15) is 0 Å². The van der Waals surface area contributed by atoms with Crippen molar-refractivity contribution >= 4 is 56.5 Å². The highest BCUT2D eigenvalue weighted by Crippen LogP contribution is 2.26. The zero-order chi connectivity index (χ0) is 14.7. The third kappa shape index (κ3) is 3.66. The van der Waals surface area contributed by atoms with Crippen LogP contribution in [-0.2, 0) is 0 Å². The Kier molecular flexibility index (Phi) is 4.91. The normalized spacial score (nSPS) is 10.2. The molecule has 3 nitrogen and oxygen atoms in total. The Morgan fingerprint density at radius 2 is 1.85 bits per heavy atom. The van der Waals surface area contributed by atoms with Gasteiger partial charge in [0.1, 0.15) is 0 Å². The minimum Gasteiger partial charge on any atom is -0.308 e. The maximum absolute atomic E-state index is 11.9. The van der Waals surface area contributed by atoms with Crippen LogP contribution in [0.2, 0.25) is 10.0 Å². The summed E-state index contributed by atoms with van der Waals surface area (Å²) in [4.78, 5) is 11.9. The van der Waals surface area contributed by atoms with Crippen LogP contribution < -0.4 is 10.6 Å². The number of hydrogen-bond donors (Lipinski definition) is 2. The minimum atomic E-state index is -0.343. The maximum atomic E-state index is 11.9. The number of benzene rings is 2. The number of carbonyl (C=O) groups excluding carboxylic acids is 1. The minimum absolute atomic E-state index is 0.343. The highest BCUT2D eigenvalue weighted by Gasteiger charge is 2.07. The van der Waals surface area contributed by atoms with Crippen LogP contribution in [0.5, 0.6) is 0 Å². The van der Waals surface area contributed by atoms with Crippen LogP contribution in [0.15, 0.2) is 40.9 Å². The third-order valence-electron chi connectivity index (χ3n) is 2.69. The number of amides is 2. The molecule has 0 bridgehead atoms. The van der Waals surface area contributed by atoms with E-state index < -0.39 is 0 Å². The number of anilines is 2. The van der Waals surface area contributed by atoms with Crippen molar-refractivity contribution in [2.75, 3.05) is 10.6 Å². The molecule has 0 atom stereocenters. The number of halogens is 3. The molecule has 0 saturated heterocycles. The second-order valence-corrected chi connectivity index (χ2v) is 5.79. The second-order valence-electron chi connectivity index (χ2n) is 4.12. The van der Waals surface area contributed by atoms with Gasteiger partial charge in [0, 0.05) is 15.8 Å². The summed E-state index contributed by atoms with van der Waals surface area (Å²) >= 11 is 15.1. The van der Waals surface area contributed by atoms with Crippen molar-refractivity contribution in [2.45, 2.75) is 6.92 Å². The molecule has 0 aliphatic heterocycles. The standard InChI is InChI=1S/C14H11BrCl2N2O/c1-8-10(15)3-2-4-13(8)19-14(20)18-9-5-6-11(16)12(17)7-9/h2-7H,1H3,(H2,18,19,20). The fourth-order valence-corrected chi connectivity index (χ4v) is 2.27. The van der Waals surface area contributed by atoms with Crippen LogP contribution in [0.1, 0.15) is 5.56 Å². The Bertz CT molecular complexity index is 662. The van der Waals surface area contributed by atoms with E-state index in [1.165, 1.54) is 0 Å². The molecule has 2 aromatic carbocycles. The van der Waals surface area contributed by atoms with Gasteiger partial charge in [-0.25, -0.2) is 4.79 Å². The summed E-state index contributed by atoms with van der Waals surface area (Å²) in [5.74, 6) is 0. The predicted molar refractivity (Wildman–Crippen MR) is 88.0 cm³/mol. The summed E-state index contributed by atoms with van der Waals surface area (Å²) in [6.07, 6.45) is 0. The Hall–Kier alpha value is -1.23. The summed E-state index contributed by atoms with van der Waals surface area (Å²) in [6.45, 7) is 1.92. The van der Waals surface area contributed by atoms with Gasteiger partial charge in [0.05, 0.1) is 10.0 Å². The molecule has 0 radical (unpaired) electrons. The van der Waals surface area contributed by atoms with Crippen molar-refractivity contribution in [2.24, 2.45) is 0 Å². The molecule has 0 heterocycles. The molecule has 0 fully saturated rings. The lowest BCUT2D eigenvalue weighted by Crippen LogP contribution is -2.20. The molecule has 0 spiro atoms. The first-order chi connectivity index (χ1) is 9.47. The van der Waals surface area contributed by atoms with Gasteiger partial charge in [-0.1, -0.05) is 45.2 Å². The van der Waals surface area contributed by atoms with Crippen LogP contribution in [0.4, 0.5) is 16.2 Å². The summed E-state index contributed by atoms with van der Waals surface area (Å²) < 4.78 is 0.935. The van der Waals surface area contributed by atoms with E-state index in [0.29, 0.717) is 15.7 Å². The maximum Gasteiger partial charge on any atom is 0.323 e. The van der Waals surface area contributed by atoms with Crippen molar-refractivity contribution in [1.29, 1.82) is 0 Å². The number of urea groups is 1. The molecule has 0 aromatic heterocycles. The SMILES string of the molecule is Cc1c(Br)cccc1NC(=O)Nc1ccc(Cl)c(Cl)c1. The van der Waals surface area contributed by atoms with E-state index in [2.05, 4.69) is 26.6 Å². The second kappa shape index (κ2) is 6.48. The van der Waals surface area contributed by atoms with Crippen LogP contribution >= 0.6 is 39.1 Å². The number of rotatable bonds is 2. The Morgan fingerprint density at radius 1 is 1.10 bits per heavy atom. The molecule has 20 heavy (non-hydrogen) atoms. The van der Waals surface area contributed by atoms with Crippen LogP contribution in [0.25, 0.3) is 0 Å².